The Morgan fingerprint density at radius 2 is 1.89 bits per heavy atom. The number of ether oxygens (including phenoxy) is 1. The van der Waals surface area contributed by atoms with Crippen molar-refractivity contribution in [1.82, 2.24) is 0 Å². The zero-order chi connectivity index (χ0) is 25.6. The first-order chi connectivity index (χ1) is 16.7. The summed E-state index contributed by atoms with van der Waals surface area (Å²) in [6, 6.07) is 17.7. The van der Waals surface area contributed by atoms with E-state index >= 15 is 0 Å². The van der Waals surface area contributed by atoms with Gasteiger partial charge in [-0.3, -0.25) is 4.79 Å². The number of anilines is 1. The fraction of sp³-hybridized carbons (Fsp3) is 0.120. The average molecular weight is 576 g/mol. The van der Waals surface area contributed by atoms with Crippen LogP contribution in [-0.2, 0) is 14.9 Å². The van der Waals surface area contributed by atoms with Crippen LogP contribution in [0, 0.1) is 18.3 Å². The van der Waals surface area contributed by atoms with Crippen molar-refractivity contribution in [3.05, 3.63) is 86.9 Å². The SMILES string of the molecule is CCOc1cc(/C=C(\C#N)C(=O)Nc2c(C)cccc2Cl)cc(Br)c1OS(=O)(=O)c1ccccc1. The minimum absolute atomic E-state index is 0.0170. The van der Waals surface area contributed by atoms with Gasteiger partial charge in [-0.05, 0) is 77.3 Å². The van der Waals surface area contributed by atoms with E-state index in [1.807, 2.05) is 6.07 Å². The lowest BCUT2D eigenvalue weighted by Crippen LogP contribution is -2.14. The number of rotatable bonds is 8. The molecule has 1 amide bonds. The fourth-order valence-electron chi connectivity index (χ4n) is 3.05. The van der Waals surface area contributed by atoms with Crippen LogP contribution >= 0.6 is 27.5 Å². The smallest absolute Gasteiger partial charge is 0.339 e. The molecule has 180 valence electrons. The normalized spacial score (nSPS) is 11.5. The van der Waals surface area contributed by atoms with Crippen molar-refractivity contribution in [2.45, 2.75) is 18.7 Å². The number of carbonyl (C=O) groups excluding carboxylic acids is 1. The van der Waals surface area contributed by atoms with Crippen LogP contribution in [0.1, 0.15) is 18.1 Å². The molecule has 0 saturated carbocycles. The summed E-state index contributed by atoms with van der Waals surface area (Å²) in [4.78, 5) is 12.7. The lowest BCUT2D eigenvalue weighted by atomic mass is 10.1. The van der Waals surface area contributed by atoms with Crippen LogP contribution in [0.15, 0.2) is 75.6 Å². The van der Waals surface area contributed by atoms with E-state index in [0.717, 1.165) is 5.56 Å². The molecule has 0 spiro atoms. The first kappa shape index (κ1) is 26.3. The third-order valence-electron chi connectivity index (χ3n) is 4.69. The summed E-state index contributed by atoms with van der Waals surface area (Å²) in [6.45, 7) is 3.73. The fourth-order valence-corrected chi connectivity index (χ4v) is 4.94. The molecule has 0 aliphatic heterocycles. The van der Waals surface area contributed by atoms with E-state index in [-0.39, 0.29) is 33.0 Å². The monoisotopic (exact) mass is 574 g/mol. The Morgan fingerprint density at radius 1 is 1.17 bits per heavy atom. The lowest BCUT2D eigenvalue weighted by molar-refractivity contribution is -0.112. The predicted molar refractivity (Wildman–Crippen MR) is 138 cm³/mol. The highest BCUT2D eigenvalue weighted by molar-refractivity contribution is 9.10. The largest absolute Gasteiger partial charge is 0.490 e. The van der Waals surface area contributed by atoms with E-state index in [0.29, 0.717) is 16.3 Å². The molecule has 0 aliphatic rings. The summed E-state index contributed by atoms with van der Waals surface area (Å²) in [5, 5.41) is 12.6. The molecule has 0 radical (unpaired) electrons. The summed E-state index contributed by atoms with van der Waals surface area (Å²) < 4.78 is 36.7. The van der Waals surface area contributed by atoms with E-state index in [4.69, 9.17) is 20.5 Å². The average Bonchev–Trinajstić information content (AvgIpc) is 2.82. The lowest BCUT2D eigenvalue weighted by Gasteiger charge is -2.15. The van der Waals surface area contributed by atoms with Crippen LogP contribution in [0.4, 0.5) is 5.69 Å². The minimum Gasteiger partial charge on any atom is -0.490 e. The number of para-hydroxylation sites is 1. The third-order valence-corrected chi connectivity index (χ3v) is 6.83. The highest BCUT2D eigenvalue weighted by Crippen LogP contribution is 2.39. The number of hydrogen-bond donors (Lipinski definition) is 1. The van der Waals surface area contributed by atoms with Crippen LogP contribution in [0.5, 0.6) is 11.5 Å². The molecule has 3 rings (SSSR count). The van der Waals surface area contributed by atoms with Gasteiger partial charge < -0.3 is 14.2 Å². The van der Waals surface area contributed by atoms with E-state index in [1.54, 1.807) is 50.2 Å². The number of nitriles is 1. The molecule has 0 heterocycles. The number of benzene rings is 3. The molecular weight excluding hydrogens is 556 g/mol. The Labute approximate surface area is 217 Å². The zero-order valence-electron chi connectivity index (χ0n) is 18.7. The van der Waals surface area contributed by atoms with E-state index in [1.165, 1.54) is 30.3 Å². The Morgan fingerprint density at radius 3 is 2.51 bits per heavy atom. The van der Waals surface area contributed by atoms with Crippen LogP contribution < -0.4 is 14.2 Å². The van der Waals surface area contributed by atoms with Crippen LogP contribution in [0.2, 0.25) is 5.02 Å². The predicted octanol–water partition coefficient (Wildman–Crippen LogP) is 6.12. The zero-order valence-corrected chi connectivity index (χ0v) is 21.9. The van der Waals surface area contributed by atoms with Gasteiger partial charge in [0.25, 0.3) is 5.91 Å². The second-order valence-corrected chi connectivity index (χ2v) is 9.98. The third kappa shape index (κ3) is 6.42. The number of nitrogens with one attached hydrogen (secondary N) is 1. The van der Waals surface area contributed by atoms with Crippen molar-refractivity contribution in [3.8, 4) is 17.6 Å². The van der Waals surface area contributed by atoms with Crippen molar-refractivity contribution in [2.24, 2.45) is 0 Å². The molecule has 35 heavy (non-hydrogen) atoms. The molecule has 0 unspecified atom stereocenters. The molecule has 7 nitrogen and oxygen atoms in total. The minimum atomic E-state index is -4.13. The number of aryl methyl sites for hydroxylation is 1. The van der Waals surface area contributed by atoms with Crippen LogP contribution in [0.25, 0.3) is 6.08 Å². The van der Waals surface area contributed by atoms with Crippen molar-refractivity contribution < 1.29 is 22.1 Å². The molecule has 0 aliphatic carbocycles. The number of halogens is 2. The van der Waals surface area contributed by atoms with Gasteiger partial charge in [0.15, 0.2) is 11.5 Å². The highest BCUT2D eigenvalue weighted by Gasteiger charge is 2.22. The summed E-state index contributed by atoms with van der Waals surface area (Å²) >= 11 is 9.48. The Kier molecular flexibility index (Phi) is 8.57. The molecule has 0 fully saturated rings. The first-order valence-corrected chi connectivity index (χ1v) is 12.9. The number of carbonyl (C=O) groups is 1. The quantitative estimate of drug-likeness (QED) is 0.197. The molecule has 0 bridgehead atoms. The van der Waals surface area contributed by atoms with Crippen molar-refractivity contribution in [3.63, 3.8) is 0 Å². The second-order valence-electron chi connectivity index (χ2n) is 7.17. The number of nitrogens with zero attached hydrogens (tertiary/aromatic N) is 1. The number of hydrogen-bond acceptors (Lipinski definition) is 6. The summed E-state index contributed by atoms with van der Waals surface area (Å²) in [5.74, 6) is -0.584. The van der Waals surface area contributed by atoms with Gasteiger partial charge in [-0.25, -0.2) is 0 Å². The van der Waals surface area contributed by atoms with Gasteiger partial charge in [0, 0.05) is 0 Å². The van der Waals surface area contributed by atoms with Gasteiger partial charge in [0.05, 0.1) is 21.8 Å². The van der Waals surface area contributed by atoms with Gasteiger partial charge >= 0.3 is 10.1 Å². The van der Waals surface area contributed by atoms with Crippen molar-refractivity contribution in [1.29, 1.82) is 5.26 Å². The van der Waals surface area contributed by atoms with Gasteiger partial charge in [-0.2, -0.15) is 13.7 Å². The van der Waals surface area contributed by atoms with Gasteiger partial charge in [0.1, 0.15) is 16.5 Å². The maximum absolute atomic E-state index is 12.8. The molecule has 3 aromatic carbocycles. The molecule has 0 aromatic heterocycles. The molecule has 3 aromatic rings. The van der Waals surface area contributed by atoms with Crippen molar-refractivity contribution in [2.75, 3.05) is 11.9 Å². The Bertz CT molecular complexity index is 1410. The summed E-state index contributed by atoms with van der Waals surface area (Å²) in [7, 11) is -4.13. The Balaban J connectivity index is 1.96. The standard InChI is InChI=1S/C25H20BrClN2O5S/c1-3-33-22-14-17(12-18(15-28)25(30)29-23-16(2)8-7-11-21(23)27)13-20(26)24(22)34-35(31,32)19-9-5-4-6-10-19/h4-14H,3H2,1-2H3,(H,29,30)/b18-12+. The van der Waals surface area contributed by atoms with E-state index < -0.39 is 16.0 Å². The number of amides is 1. The molecule has 0 atom stereocenters. The molecule has 10 heteroatoms. The van der Waals surface area contributed by atoms with E-state index in [2.05, 4.69) is 21.2 Å². The van der Waals surface area contributed by atoms with E-state index in [9.17, 15) is 18.5 Å². The van der Waals surface area contributed by atoms with Crippen LogP contribution in [0.3, 0.4) is 0 Å². The molecule has 1 N–H and O–H groups in total. The summed E-state index contributed by atoms with van der Waals surface area (Å²) in [5.41, 5.74) is 1.37. The molecular formula is C25H20BrClN2O5S. The van der Waals surface area contributed by atoms with Gasteiger partial charge in [-0.15, -0.1) is 0 Å². The molecule has 0 saturated heterocycles. The maximum atomic E-state index is 12.8. The Hall–Kier alpha value is -3.32. The van der Waals surface area contributed by atoms with Gasteiger partial charge in [0.2, 0.25) is 0 Å². The van der Waals surface area contributed by atoms with Crippen molar-refractivity contribution >= 4 is 55.3 Å². The summed E-state index contributed by atoms with van der Waals surface area (Å²) in [6.07, 6.45) is 1.35. The maximum Gasteiger partial charge on any atom is 0.339 e. The highest BCUT2D eigenvalue weighted by atomic mass is 79.9. The van der Waals surface area contributed by atoms with Crippen LogP contribution in [-0.4, -0.2) is 20.9 Å². The second kappa shape index (κ2) is 11.4. The van der Waals surface area contributed by atoms with Gasteiger partial charge in [-0.1, -0.05) is 41.9 Å². The topological polar surface area (TPSA) is 105 Å². The first-order valence-electron chi connectivity index (χ1n) is 10.3.